The summed E-state index contributed by atoms with van der Waals surface area (Å²) in [6.07, 6.45) is 12.6. The summed E-state index contributed by atoms with van der Waals surface area (Å²) in [7, 11) is 1.39. The molecular formula is C23H35N3O3. The van der Waals surface area contributed by atoms with Crippen LogP contribution in [0.4, 0.5) is 0 Å². The number of nitrogens with zero attached hydrogens (tertiary/aromatic N) is 3. The Bertz CT molecular complexity index is 638. The first kappa shape index (κ1) is 21.8. The van der Waals surface area contributed by atoms with Crippen molar-refractivity contribution in [2.45, 2.75) is 70.4 Å². The standard InChI is InChI=1S/C23H35N3O3/c1-29-23(28)10-4-9-22(27)26(18-20-6-5-13-24-16-20)17-19-11-14-25(15-12-19)21-7-2-3-8-21/h5-6,13,16,19,21H,2-4,7-12,14-15,17-18H2,1H3. The number of aromatic nitrogens is 1. The molecule has 0 N–H and O–H groups in total. The van der Waals surface area contributed by atoms with Gasteiger partial charge in [-0.15, -0.1) is 0 Å². The molecule has 29 heavy (non-hydrogen) atoms. The molecule has 6 nitrogen and oxygen atoms in total. The fourth-order valence-corrected chi connectivity index (χ4v) is 4.69. The molecule has 1 aliphatic carbocycles. The van der Waals surface area contributed by atoms with Gasteiger partial charge >= 0.3 is 5.97 Å². The Morgan fingerprint density at radius 1 is 1.17 bits per heavy atom. The molecule has 0 bridgehead atoms. The smallest absolute Gasteiger partial charge is 0.305 e. The van der Waals surface area contributed by atoms with Gasteiger partial charge in [-0.25, -0.2) is 0 Å². The molecule has 0 spiro atoms. The van der Waals surface area contributed by atoms with Gasteiger partial charge in [0.1, 0.15) is 0 Å². The predicted octanol–water partition coefficient (Wildman–Crippen LogP) is 3.41. The predicted molar refractivity (Wildman–Crippen MR) is 112 cm³/mol. The van der Waals surface area contributed by atoms with Crippen molar-refractivity contribution in [1.82, 2.24) is 14.8 Å². The molecule has 160 valence electrons. The third-order valence-electron chi connectivity index (χ3n) is 6.42. The maximum Gasteiger partial charge on any atom is 0.305 e. The van der Waals surface area contributed by atoms with E-state index in [9.17, 15) is 9.59 Å². The van der Waals surface area contributed by atoms with Crippen LogP contribution < -0.4 is 0 Å². The van der Waals surface area contributed by atoms with Crippen LogP contribution in [0.3, 0.4) is 0 Å². The van der Waals surface area contributed by atoms with Crippen molar-refractivity contribution in [3.63, 3.8) is 0 Å². The van der Waals surface area contributed by atoms with E-state index in [4.69, 9.17) is 0 Å². The largest absolute Gasteiger partial charge is 0.469 e. The lowest BCUT2D eigenvalue weighted by Gasteiger charge is -2.38. The molecule has 0 unspecified atom stereocenters. The van der Waals surface area contributed by atoms with Crippen molar-refractivity contribution < 1.29 is 14.3 Å². The van der Waals surface area contributed by atoms with Gasteiger partial charge in [0, 0.05) is 44.4 Å². The van der Waals surface area contributed by atoms with Crippen molar-refractivity contribution in [1.29, 1.82) is 0 Å². The average molecular weight is 402 g/mol. The summed E-state index contributed by atoms with van der Waals surface area (Å²) in [4.78, 5) is 33.1. The first-order chi connectivity index (χ1) is 14.2. The normalized spacial score (nSPS) is 18.7. The fraction of sp³-hybridized carbons (Fsp3) is 0.696. The Kier molecular flexibility index (Phi) is 8.47. The molecule has 1 saturated carbocycles. The topological polar surface area (TPSA) is 62.7 Å². The second kappa shape index (κ2) is 11.3. The number of hydrogen-bond donors (Lipinski definition) is 0. The molecule has 0 atom stereocenters. The molecule has 0 aromatic carbocycles. The van der Waals surface area contributed by atoms with Gasteiger partial charge in [0.05, 0.1) is 7.11 Å². The van der Waals surface area contributed by atoms with Crippen molar-refractivity contribution in [2.75, 3.05) is 26.7 Å². The highest BCUT2D eigenvalue weighted by atomic mass is 16.5. The van der Waals surface area contributed by atoms with Gasteiger partial charge in [-0.2, -0.15) is 0 Å². The van der Waals surface area contributed by atoms with E-state index in [1.165, 1.54) is 32.8 Å². The Labute approximate surface area is 174 Å². The molecule has 1 aromatic heterocycles. The van der Waals surface area contributed by atoms with Crippen LogP contribution >= 0.6 is 0 Å². The highest BCUT2D eigenvalue weighted by Gasteiger charge is 2.28. The van der Waals surface area contributed by atoms with Gasteiger partial charge in [-0.3, -0.25) is 14.6 Å². The number of pyridine rings is 1. The minimum atomic E-state index is -0.254. The van der Waals surface area contributed by atoms with Gasteiger partial charge in [-0.05, 0) is 62.7 Å². The molecule has 1 aromatic rings. The lowest BCUT2D eigenvalue weighted by molar-refractivity contribution is -0.141. The number of ether oxygens (including phenoxy) is 1. The number of likely N-dealkylation sites (tertiary alicyclic amines) is 1. The van der Waals surface area contributed by atoms with Crippen molar-refractivity contribution in [3.05, 3.63) is 30.1 Å². The summed E-state index contributed by atoms with van der Waals surface area (Å²) in [5, 5.41) is 0. The minimum absolute atomic E-state index is 0.121. The second-order valence-corrected chi connectivity index (χ2v) is 8.48. The van der Waals surface area contributed by atoms with Crippen LogP contribution in [-0.2, 0) is 20.9 Å². The Morgan fingerprint density at radius 2 is 1.93 bits per heavy atom. The van der Waals surface area contributed by atoms with Gasteiger partial charge in [0.25, 0.3) is 0 Å². The quantitative estimate of drug-likeness (QED) is 0.594. The van der Waals surface area contributed by atoms with Crippen LogP contribution in [0.15, 0.2) is 24.5 Å². The van der Waals surface area contributed by atoms with E-state index in [1.807, 2.05) is 23.2 Å². The van der Waals surface area contributed by atoms with Crippen molar-refractivity contribution in [2.24, 2.45) is 5.92 Å². The second-order valence-electron chi connectivity index (χ2n) is 8.48. The van der Waals surface area contributed by atoms with Crippen LogP contribution in [0.25, 0.3) is 0 Å². The minimum Gasteiger partial charge on any atom is -0.469 e. The maximum atomic E-state index is 12.9. The zero-order valence-electron chi connectivity index (χ0n) is 17.7. The molecule has 3 rings (SSSR count). The maximum absolute atomic E-state index is 12.9. The molecule has 0 radical (unpaired) electrons. The molecule has 1 saturated heterocycles. The van der Waals surface area contributed by atoms with Gasteiger partial charge in [0.15, 0.2) is 0 Å². The van der Waals surface area contributed by atoms with Crippen molar-refractivity contribution >= 4 is 11.9 Å². The molecular weight excluding hydrogens is 366 g/mol. The van der Waals surface area contributed by atoms with E-state index >= 15 is 0 Å². The first-order valence-corrected chi connectivity index (χ1v) is 11.1. The summed E-state index contributed by atoms with van der Waals surface area (Å²) in [5.41, 5.74) is 1.05. The van der Waals surface area contributed by atoms with E-state index in [0.717, 1.165) is 44.1 Å². The number of carbonyl (C=O) groups excluding carboxylic acids is 2. The summed E-state index contributed by atoms with van der Waals surface area (Å²) in [6.45, 7) is 3.71. The molecule has 1 amide bonds. The van der Waals surface area contributed by atoms with E-state index in [1.54, 1.807) is 6.20 Å². The van der Waals surface area contributed by atoms with E-state index in [0.29, 0.717) is 31.7 Å². The highest BCUT2D eigenvalue weighted by molar-refractivity contribution is 5.77. The highest BCUT2D eigenvalue weighted by Crippen LogP contribution is 2.28. The van der Waals surface area contributed by atoms with Gasteiger partial charge < -0.3 is 14.5 Å². The molecule has 2 heterocycles. The van der Waals surface area contributed by atoms with E-state index in [-0.39, 0.29) is 11.9 Å². The number of hydrogen-bond acceptors (Lipinski definition) is 5. The SMILES string of the molecule is COC(=O)CCCC(=O)N(Cc1cccnc1)CC1CCN(C2CCCC2)CC1. The average Bonchev–Trinajstić information content (AvgIpc) is 3.29. The Hall–Kier alpha value is -1.95. The van der Waals surface area contributed by atoms with Crippen LogP contribution in [0.5, 0.6) is 0 Å². The third kappa shape index (κ3) is 6.81. The Balaban J connectivity index is 1.53. The first-order valence-electron chi connectivity index (χ1n) is 11.1. The van der Waals surface area contributed by atoms with Gasteiger partial charge in [0.2, 0.25) is 5.91 Å². The van der Waals surface area contributed by atoms with Crippen LogP contribution in [0.1, 0.15) is 63.4 Å². The van der Waals surface area contributed by atoms with Crippen LogP contribution in [0.2, 0.25) is 0 Å². The van der Waals surface area contributed by atoms with Crippen LogP contribution in [-0.4, -0.2) is 59.4 Å². The summed E-state index contributed by atoms with van der Waals surface area (Å²) in [5.74, 6) is 0.417. The molecule has 1 aliphatic heterocycles. The van der Waals surface area contributed by atoms with Crippen molar-refractivity contribution in [3.8, 4) is 0 Å². The monoisotopic (exact) mass is 401 g/mol. The summed E-state index contributed by atoms with van der Waals surface area (Å²) in [6, 6.07) is 4.72. The molecule has 2 aliphatic rings. The van der Waals surface area contributed by atoms with Crippen LogP contribution in [0, 0.1) is 5.92 Å². The number of amides is 1. The molecule has 2 fully saturated rings. The lowest BCUT2D eigenvalue weighted by atomic mass is 9.94. The number of rotatable bonds is 9. The summed E-state index contributed by atoms with van der Waals surface area (Å²) >= 11 is 0. The lowest BCUT2D eigenvalue weighted by Crippen LogP contribution is -2.43. The zero-order chi connectivity index (χ0) is 20.5. The number of piperidine rings is 1. The number of carbonyl (C=O) groups is 2. The third-order valence-corrected chi connectivity index (χ3v) is 6.42. The van der Waals surface area contributed by atoms with E-state index in [2.05, 4.69) is 14.6 Å². The Morgan fingerprint density at radius 3 is 2.59 bits per heavy atom. The molecule has 6 heteroatoms. The number of esters is 1. The zero-order valence-corrected chi connectivity index (χ0v) is 17.7. The van der Waals surface area contributed by atoms with Gasteiger partial charge in [-0.1, -0.05) is 18.9 Å². The summed E-state index contributed by atoms with van der Waals surface area (Å²) < 4.78 is 4.69. The fourth-order valence-electron chi connectivity index (χ4n) is 4.69. The number of methoxy groups -OCH3 is 1. The van der Waals surface area contributed by atoms with E-state index < -0.39 is 0 Å².